The summed E-state index contributed by atoms with van der Waals surface area (Å²) in [6.45, 7) is 0. The van der Waals surface area contributed by atoms with Crippen LogP contribution in [0.4, 0.5) is 0 Å². The van der Waals surface area contributed by atoms with Gasteiger partial charge in [-0.15, -0.1) is 0 Å². The summed E-state index contributed by atoms with van der Waals surface area (Å²) in [4.78, 5) is 35.0. The van der Waals surface area contributed by atoms with Crippen LogP contribution in [-0.4, -0.2) is 11.8 Å². The molecular formula is C16H13BrN2O4. The molecule has 2 amide bonds. The van der Waals surface area contributed by atoms with Gasteiger partial charge in [0.15, 0.2) is 0 Å². The smallest absolute Gasteiger partial charge is 0.350 e. The Morgan fingerprint density at radius 3 is 2.61 bits per heavy atom. The highest BCUT2D eigenvalue weighted by Gasteiger charge is 2.43. The van der Waals surface area contributed by atoms with Gasteiger partial charge in [-0.2, -0.15) is 0 Å². The maximum absolute atomic E-state index is 12.0. The van der Waals surface area contributed by atoms with E-state index in [9.17, 15) is 14.4 Å². The van der Waals surface area contributed by atoms with Crippen LogP contribution >= 0.6 is 15.9 Å². The van der Waals surface area contributed by atoms with Gasteiger partial charge in [-0.3, -0.25) is 20.4 Å². The van der Waals surface area contributed by atoms with Gasteiger partial charge in [0.2, 0.25) is 5.91 Å². The van der Waals surface area contributed by atoms with Crippen molar-refractivity contribution in [3.8, 4) is 0 Å². The molecule has 3 rings (SSSR count). The van der Waals surface area contributed by atoms with Crippen molar-refractivity contribution < 1.29 is 14.0 Å². The van der Waals surface area contributed by atoms with E-state index in [2.05, 4.69) is 31.2 Å². The minimum Gasteiger partial charge on any atom is -0.430 e. The number of carbonyl (C=O) groups excluding carboxylic acids is 2. The van der Waals surface area contributed by atoms with Crippen LogP contribution < -0.4 is 16.5 Å². The van der Waals surface area contributed by atoms with Gasteiger partial charge in [-0.1, -0.05) is 30.3 Å². The Morgan fingerprint density at radius 2 is 1.91 bits per heavy atom. The Bertz CT molecular complexity index is 803. The Morgan fingerprint density at radius 1 is 1.17 bits per heavy atom. The van der Waals surface area contributed by atoms with E-state index < -0.39 is 11.5 Å². The lowest BCUT2D eigenvalue weighted by Gasteiger charge is -2.07. The Labute approximate surface area is 140 Å². The molecule has 0 unspecified atom stereocenters. The molecule has 1 aromatic heterocycles. The molecule has 6 nitrogen and oxygen atoms in total. The third kappa shape index (κ3) is 3.50. The maximum atomic E-state index is 12.0. The van der Waals surface area contributed by atoms with Gasteiger partial charge in [-0.05, 0) is 39.9 Å². The first-order valence-electron chi connectivity index (χ1n) is 7.00. The van der Waals surface area contributed by atoms with Crippen LogP contribution in [-0.2, 0) is 4.79 Å². The van der Waals surface area contributed by atoms with E-state index in [0.29, 0.717) is 0 Å². The van der Waals surface area contributed by atoms with Crippen LogP contribution in [0.3, 0.4) is 0 Å². The summed E-state index contributed by atoms with van der Waals surface area (Å²) in [6, 6.07) is 11.1. The fourth-order valence-corrected chi connectivity index (χ4v) is 2.70. The highest BCUT2D eigenvalue weighted by Crippen LogP contribution is 2.47. The van der Waals surface area contributed by atoms with E-state index in [4.69, 9.17) is 0 Å². The first-order chi connectivity index (χ1) is 11.1. The molecule has 118 valence electrons. The first-order valence-corrected chi connectivity index (χ1v) is 7.79. The van der Waals surface area contributed by atoms with Gasteiger partial charge in [-0.25, -0.2) is 4.79 Å². The molecule has 2 atom stereocenters. The Balaban J connectivity index is 1.54. The van der Waals surface area contributed by atoms with E-state index in [-0.39, 0.29) is 27.8 Å². The van der Waals surface area contributed by atoms with Gasteiger partial charge in [0.05, 0.1) is 5.56 Å². The second kappa shape index (κ2) is 6.37. The highest BCUT2D eigenvalue weighted by molar-refractivity contribution is 9.10. The molecular weight excluding hydrogens is 364 g/mol. The van der Waals surface area contributed by atoms with Crippen molar-refractivity contribution in [2.45, 2.75) is 12.3 Å². The molecule has 1 fully saturated rings. The van der Waals surface area contributed by atoms with Crippen LogP contribution in [0.5, 0.6) is 0 Å². The molecule has 2 N–H and O–H groups in total. The topological polar surface area (TPSA) is 88.4 Å². The lowest BCUT2D eigenvalue weighted by atomic mass is 10.1. The molecule has 0 saturated heterocycles. The fraction of sp³-hybridized carbons (Fsp3) is 0.188. The third-order valence-corrected chi connectivity index (χ3v) is 4.24. The largest absolute Gasteiger partial charge is 0.430 e. The van der Waals surface area contributed by atoms with Gasteiger partial charge in [0, 0.05) is 5.92 Å². The van der Waals surface area contributed by atoms with Crippen molar-refractivity contribution >= 4 is 27.7 Å². The summed E-state index contributed by atoms with van der Waals surface area (Å²) < 4.78 is 4.82. The minimum atomic E-state index is -0.575. The number of benzene rings is 1. The molecule has 1 aromatic carbocycles. The van der Waals surface area contributed by atoms with E-state index in [1.54, 1.807) is 0 Å². The molecule has 1 aliphatic carbocycles. The lowest BCUT2D eigenvalue weighted by molar-refractivity contribution is -0.123. The maximum Gasteiger partial charge on any atom is 0.350 e. The average molecular weight is 377 g/mol. The summed E-state index contributed by atoms with van der Waals surface area (Å²) in [6.07, 6.45) is 1.80. The number of amides is 2. The van der Waals surface area contributed by atoms with E-state index in [0.717, 1.165) is 18.2 Å². The van der Waals surface area contributed by atoms with Crippen LogP contribution in [0, 0.1) is 5.92 Å². The fourth-order valence-electron chi connectivity index (χ4n) is 2.36. The quantitative estimate of drug-likeness (QED) is 0.801. The number of halogens is 1. The molecule has 23 heavy (non-hydrogen) atoms. The van der Waals surface area contributed by atoms with Gasteiger partial charge >= 0.3 is 5.63 Å². The van der Waals surface area contributed by atoms with Crippen molar-refractivity contribution in [2.24, 2.45) is 5.92 Å². The summed E-state index contributed by atoms with van der Waals surface area (Å²) in [7, 11) is 0. The molecule has 1 heterocycles. The molecule has 0 spiro atoms. The highest BCUT2D eigenvalue weighted by atomic mass is 79.9. The second-order valence-electron chi connectivity index (χ2n) is 5.27. The van der Waals surface area contributed by atoms with Gasteiger partial charge < -0.3 is 4.42 Å². The third-order valence-electron chi connectivity index (χ3n) is 3.69. The predicted octanol–water partition coefficient (Wildman–Crippen LogP) is 1.97. The van der Waals surface area contributed by atoms with E-state index in [1.807, 2.05) is 30.3 Å². The van der Waals surface area contributed by atoms with E-state index in [1.165, 1.54) is 6.07 Å². The standard InChI is InChI=1S/C16H13BrN2O4/c17-13-6-10(8-23-16(13)22)14(20)18-19-15(21)12-7-11(12)9-4-2-1-3-5-9/h1-6,8,11-12H,7H2,(H,18,20)(H,19,21)/t11-,12-/m1/s1. The van der Waals surface area contributed by atoms with Gasteiger partial charge in [0.1, 0.15) is 10.7 Å². The molecule has 0 radical (unpaired) electrons. The van der Waals surface area contributed by atoms with Gasteiger partial charge in [0.25, 0.3) is 5.91 Å². The lowest BCUT2D eigenvalue weighted by Crippen LogP contribution is -2.42. The van der Waals surface area contributed by atoms with Crippen molar-refractivity contribution in [1.82, 2.24) is 10.9 Å². The van der Waals surface area contributed by atoms with Crippen molar-refractivity contribution in [3.63, 3.8) is 0 Å². The normalized spacial score (nSPS) is 19.0. The number of rotatable bonds is 3. The first kappa shape index (κ1) is 15.5. The molecule has 1 saturated carbocycles. The molecule has 7 heteroatoms. The number of hydrogen-bond acceptors (Lipinski definition) is 4. The number of hydrogen-bond donors (Lipinski definition) is 2. The van der Waals surface area contributed by atoms with Crippen LogP contribution in [0.1, 0.15) is 28.3 Å². The summed E-state index contributed by atoms with van der Waals surface area (Å²) in [5.74, 6) is -0.738. The number of nitrogens with one attached hydrogen (secondary N) is 2. The Kier molecular flexibility index (Phi) is 4.29. The molecule has 0 aliphatic heterocycles. The second-order valence-corrected chi connectivity index (χ2v) is 6.13. The van der Waals surface area contributed by atoms with Crippen molar-refractivity contribution in [3.05, 3.63) is 68.7 Å². The zero-order chi connectivity index (χ0) is 16.4. The SMILES string of the molecule is O=C(NNC(=O)[C@@H]1C[C@@H]1c1ccccc1)c1coc(=O)c(Br)c1. The minimum absolute atomic E-state index is 0.132. The van der Waals surface area contributed by atoms with E-state index >= 15 is 0 Å². The zero-order valence-corrected chi connectivity index (χ0v) is 13.5. The zero-order valence-electron chi connectivity index (χ0n) is 11.9. The molecule has 1 aliphatic rings. The Hall–Kier alpha value is -2.41. The van der Waals surface area contributed by atoms with Crippen LogP contribution in [0.15, 0.2) is 56.3 Å². The summed E-state index contributed by atoms with van der Waals surface area (Å²) in [5.41, 5.74) is 5.40. The average Bonchev–Trinajstić information content (AvgIpc) is 3.36. The van der Waals surface area contributed by atoms with Crippen LogP contribution in [0.2, 0.25) is 0 Å². The van der Waals surface area contributed by atoms with Crippen LogP contribution in [0.25, 0.3) is 0 Å². The number of hydrazine groups is 1. The van der Waals surface area contributed by atoms with Crippen molar-refractivity contribution in [2.75, 3.05) is 0 Å². The summed E-state index contributed by atoms with van der Waals surface area (Å²) >= 11 is 2.99. The monoisotopic (exact) mass is 376 g/mol. The number of carbonyl (C=O) groups is 2. The summed E-state index contributed by atoms with van der Waals surface area (Å²) in [5, 5.41) is 0. The molecule has 0 bridgehead atoms. The predicted molar refractivity (Wildman–Crippen MR) is 85.6 cm³/mol. The van der Waals surface area contributed by atoms with Crippen molar-refractivity contribution in [1.29, 1.82) is 0 Å². The molecule has 2 aromatic rings.